The molecule has 0 aliphatic heterocycles. The summed E-state index contributed by atoms with van der Waals surface area (Å²) in [5.41, 5.74) is 3.27. The molecule has 0 saturated heterocycles. The van der Waals surface area contributed by atoms with E-state index in [1.807, 2.05) is 0 Å². The fraction of sp³-hybridized carbons (Fsp3) is 0.526. The van der Waals surface area contributed by atoms with Gasteiger partial charge < -0.3 is 9.84 Å². The second-order valence-electron chi connectivity index (χ2n) is 6.90. The van der Waals surface area contributed by atoms with Gasteiger partial charge in [0, 0.05) is 13.3 Å². The third kappa shape index (κ3) is 3.50. The van der Waals surface area contributed by atoms with Crippen molar-refractivity contribution in [2.75, 3.05) is 0 Å². The number of benzene rings is 1. The lowest BCUT2D eigenvalue weighted by molar-refractivity contribution is -0.123. The number of hydrogen-bond acceptors (Lipinski definition) is 4. The Morgan fingerprint density at radius 2 is 2.00 bits per heavy atom. The van der Waals surface area contributed by atoms with E-state index in [0.29, 0.717) is 18.1 Å². The first-order chi connectivity index (χ1) is 11.5. The van der Waals surface area contributed by atoms with E-state index in [1.165, 1.54) is 16.7 Å². The Morgan fingerprint density at radius 3 is 2.62 bits per heavy atom. The maximum atomic E-state index is 12.5. The summed E-state index contributed by atoms with van der Waals surface area (Å²) in [7, 11) is 0. The molecule has 0 spiro atoms. The van der Waals surface area contributed by atoms with Gasteiger partial charge in [0.25, 0.3) is 0 Å². The zero-order valence-electron chi connectivity index (χ0n) is 14.7. The minimum absolute atomic E-state index is 0.0549. The van der Waals surface area contributed by atoms with Gasteiger partial charge in [0.05, 0.1) is 0 Å². The smallest absolute Gasteiger partial charge is 0.223 e. The molecular formula is C19H25N3O2. The summed E-state index contributed by atoms with van der Waals surface area (Å²) in [6, 6.07) is 6.38. The topological polar surface area (TPSA) is 68.0 Å². The first-order valence-electron chi connectivity index (χ1n) is 8.66. The SMILES string of the molecule is Cc1ccc(CCC(=O)NC2(c3noc(C)n3)CCCC2)c(C)c1. The number of nitrogens with zero attached hydrogens (tertiary/aromatic N) is 2. The van der Waals surface area contributed by atoms with Crippen molar-refractivity contribution in [3.05, 3.63) is 46.6 Å². The molecule has 1 saturated carbocycles. The normalized spacial score (nSPS) is 16.3. The molecule has 128 valence electrons. The highest BCUT2D eigenvalue weighted by Gasteiger charge is 2.41. The van der Waals surface area contributed by atoms with Gasteiger partial charge in [0.1, 0.15) is 5.54 Å². The summed E-state index contributed by atoms with van der Waals surface area (Å²) in [4.78, 5) is 16.9. The molecule has 1 aromatic carbocycles. The minimum Gasteiger partial charge on any atom is -0.343 e. The lowest BCUT2D eigenvalue weighted by Gasteiger charge is -2.26. The Kier molecular flexibility index (Phi) is 4.69. The van der Waals surface area contributed by atoms with Gasteiger partial charge in [-0.05, 0) is 44.2 Å². The van der Waals surface area contributed by atoms with E-state index in [4.69, 9.17) is 4.52 Å². The molecule has 1 aliphatic carbocycles. The van der Waals surface area contributed by atoms with Crippen LogP contribution in [0.3, 0.4) is 0 Å². The summed E-state index contributed by atoms with van der Waals surface area (Å²) in [6.07, 6.45) is 5.13. The van der Waals surface area contributed by atoms with Crippen molar-refractivity contribution in [2.45, 2.75) is 64.8 Å². The van der Waals surface area contributed by atoms with Crippen LogP contribution >= 0.6 is 0 Å². The van der Waals surface area contributed by atoms with E-state index in [2.05, 4.69) is 47.5 Å². The van der Waals surface area contributed by atoms with Crippen molar-refractivity contribution in [3.8, 4) is 0 Å². The molecule has 0 atom stereocenters. The molecule has 24 heavy (non-hydrogen) atoms. The van der Waals surface area contributed by atoms with Crippen LogP contribution in [-0.4, -0.2) is 16.0 Å². The maximum absolute atomic E-state index is 12.5. The van der Waals surface area contributed by atoms with Gasteiger partial charge in [-0.3, -0.25) is 4.79 Å². The predicted molar refractivity (Wildman–Crippen MR) is 91.6 cm³/mol. The molecule has 1 N–H and O–H groups in total. The van der Waals surface area contributed by atoms with Gasteiger partial charge in [0.15, 0.2) is 5.82 Å². The Bertz CT molecular complexity index is 730. The number of nitrogens with one attached hydrogen (secondary N) is 1. The van der Waals surface area contributed by atoms with Crippen molar-refractivity contribution in [3.63, 3.8) is 0 Å². The standard InChI is InChI=1S/C19H25N3O2/c1-13-6-7-16(14(2)12-13)8-9-17(23)21-19(10-4-5-11-19)18-20-15(3)24-22-18/h6-7,12H,4-5,8-11H2,1-3H3,(H,21,23). The van der Waals surface area contributed by atoms with Crippen LogP contribution in [-0.2, 0) is 16.8 Å². The molecular weight excluding hydrogens is 302 g/mol. The van der Waals surface area contributed by atoms with Gasteiger partial charge in [0.2, 0.25) is 11.8 Å². The Balaban J connectivity index is 1.66. The van der Waals surface area contributed by atoms with Crippen molar-refractivity contribution in [2.24, 2.45) is 0 Å². The maximum Gasteiger partial charge on any atom is 0.223 e. The van der Waals surface area contributed by atoms with Crippen LogP contribution in [0.4, 0.5) is 0 Å². The van der Waals surface area contributed by atoms with Crippen LogP contribution in [0.1, 0.15) is 60.5 Å². The number of hydrogen-bond donors (Lipinski definition) is 1. The number of amides is 1. The first kappa shape index (κ1) is 16.7. The number of aryl methyl sites for hydroxylation is 4. The van der Waals surface area contributed by atoms with Crippen molar-refractivity contribution < 1.29 is 9.32 Å². The zero-order chi connectivity index (χ0) is 17.2. The Labute approximate surface area is 142 Å². The molecule has 1 amide bonds. The Morgan fingerprint density at radius 1 is 1.25 bits per heavy atom. The second kappa shape index (κ2) is 6.75. The highest BCUT2D eigenvalue weighted by molar-refractivity contribution is 5.77. The van der Waals surface area contributed by atoms with Crippen LogP contribution in [0.2, 0.25) is 0 Å². The Hall–Kier alpha value is -2.17. The van der Waals surface area contributed by atoms with Crippen molar-refractivity contribution in [1.29, 1.82) is 0 Å². The highest BCUT2D eigenvalue weighted by Crippen LogP contribution is 2.37. The van der Waals surface area contributed by atoms with Gasteiger partial charge in [-0.2, -0.15) is 4.98 Å². The van der Waals surface area contributed by atoms with Crippen LogP contribution in [0, 0.1) is 20.8 Å². The molecule has 0 unspecified atom stereocenters. The fourth-order valence-corrected chi connectivity index (χ4v) is 3.58. The van der Waals surface area contributed by atoms with E-state index in [9.17, 15) is 4.79 Å². The molecule has 2 aromatic rings. The van der Waals surface area contributed by atoms with Crippen LogP contribution in [0.5, 0.6) is 0 Å². The monoisotopic (exact) mass is 327 g/mol. The fourth-order valence-electron chi connectivity index (χ4n) is 3.58. The zero-order valence-corrected chi connectivity index (χ0v) is 14.7. The van der Waals surface area contributed by atoms with E-state index < -0.39 is 5.54 Å². The molecule has 0 bridgehead atoms. The molecule has 1 aromatic heterocycles. The predicted octanol–water partition coefficient (Wildman–Crippen LogP) is 3.51. The van der Waals surface area contributed by atoms with Gasteiger partial charge in [-0.15, -0.1) is 0 Å². The number of carbonyl (C=O) groups excluding carboxylic acids is 1. The third-order valence-corrected chi connectivity index (χ3v) is 4.91. The van der Waals surface area contributed by atoms with E-state index in [0.717, 1.165) is 32.1 Å². The molecule has 1 aliphatic rings. The van der Waals surface area contributed by atoms with Gasteiger partial charge >= 0.3 is 0 Å². The van der Waals surface area contributed by atoms with E-state index >= 15 is 0 Å². The lowest BCUT2D eigenvalue weighted by atomic mass is 9.95. The molecule has 5 nitrogen and oxygen atoms in total. The van der Waals surface area contributed by atoms with Crippen molar-refractivity contribution in [1.82, 2.24) is 15.5 Å². The molecule has 5 heteroatoms. The number of aromatic nitrogens is 2. The number of rotatable bonds is 5. The van der Waals surface area contributed by atoms with E-state index in [1.54, 1.807) is 6.92 Å². The first-order valence-corrected chi connectivity index (χ1v) is 8.66. The molecule has 3 rings (SSSR count). The quantitative estimate of drug-likeness (QED) is 0.912. The van der Waals surface area contributed by atoms with E-state index in [-0.39, 0.29) is 5.91 Å². The van der Waals surface area contributed by atoms with Crippen LogP contribution < -0.4 is 5.32 Å². The summed E-state index contributed by atoms with van der Waals surface area (Å²) in [5, 5.41) is 7.26. The average molecular weight is 327 g/mol. The largest absolute Gasteiger partial charge is 0.343 e. The van der Waals surface area contributed by atoms with Crippen LogP contribution in [0.25, 0.3) is 0 Å². The van der Waals surface area contributed by atoms with Gasteiger partial charge in [-0.25, -0.2) is 0 Å². The van der Waals surface area contributed by atoms with Gasteiger partial charge in [-0.1, -0.05) is 41.8 Å². The third-order valence-electron chi connectivity index (χ3n) is 4.91. The van der Waals surface area contributed by atoms with Crippen LogP contribution in [0.15, 0.2) is 22.7 Å². The average Bonchev–Trinajstić information content (AvgIpc) is 3.16. The lowest BCUT2D eigenvalue weighted by Crippen LogP contribution is -2.44. The minimum atomic E-state index is -0.447. The molecule has 1 heterocycles. The van der Waals surface area contributed by atoms with Crippen molar-refractivity contribution >= 4 is 5.91 Å². The summed E-state index contributed by atoms with van der Waals surface area (Å²) in [5.74, 6) is 1.22. The highest BCUT2D eigenvalue weighted by atomic mass is 16.5. The summed E-state index contributed by atoms with van der Waals surface area (Å²) >= 11 is 0. The number of carbonyl (C=O) groups is 1. The summed E-state index contributed by atoms with van der Waals surface area (Å²) < 4.78 is 5.13. The molecule has 1 fully saturated rings. The molecule has 0 radical (unpaired) electrons. The second-order valence-corrected chi connectivity index (χ2v) is 6.90. The summed E-state index contributed by atoms with van der Waals surface area (Å²) in [6.45, 7) is 5.96.